The third-order valence-electron chi connectivity index (χ3n) is 6.65. The highest BCUT2D eigenvalue weighted by Crippen LogP contribution is 2.32. The zero-order chi connectivity index (χ0) is 26.3. The van der Waals surface area contributed by atoms with Crippen molar-refractivity contribution in [2.75, 3.05) is 19.6 Å². The van der Waals surface area contributed by atoms with Gasteiger partial charge in [0.15, 0.2) is 11.5 Å². The van der Waals surface area contributed by atoms with Crippen LogP contribution in [0, 0.1) is 0 Å². The van der Waals surface area contributed by atoms with E-state index < -0.39 is 5.92 Å². The summed E-state index contributed by atoms with van der Waals surface area (Å²) < 4.78 is 27.3. The molecule has 6 rings (SSSR count). The number of halogens is 2. The molecule has 1 saturated heterocycles. The Bertz CT molecular complexity index is 1690. The van der Waals surface area contributed by atoms with E-state index in [4.69, 9.17) is 9.97 Å². The van der Waals surface area contributed by atoms with Crippen LogP contribution in [0.4, 0.5) is 8.78 Å². The summed E-state index contributed by atoms with van der Waals surface area (Å²) in [6.07, 6.45) is 7.29. The molecule has 0 atom stereocenters. The number of alkyl halides is 2. The van der Waals surface area contributed by atoms with Crippen molar-refractivity contribution in [1.29, 1.82) is 0 Å². The fourth-order valence-corrected chi connectivity index (χ4v) is 5.46. The molecule has 1 aliphatic rings. The molecule has 1 aliphatic heterocycles. The van der Waals surface area contributed by atoms with E-state index in [-0.39, 0.29) is 13.0 Å². The molecule has 0 aromatic carbocycles. The van der Waals surface area contributed by atoms with Gasteiger partial charge in [0.2, 0.25) is 0 Å². The summed E-state index contributed by atoms with van der Waals surface area (Å²) in [6, 6.07) is 9.76. The minimum absolute atomic E-state index is 0.109. The molecule has 7 nitrogen and oxygen atoms in total. The van der Waals surface area contributed by atoms with E-state index in [0.29, 0.717) is 30.1 Å². The monoisotopic (exact) mass is 529 g/mol. The molecular formula is C28H25F2N7S. The van der Waals surface area contributed by atoms with Crippen molar-refractivity contribution in [1.82, 2.24) is 35.0 Å². The molecule has 2 N–H and O–H groups in total. The molecule has 1 fully saturated rings. The van der Waals surface area contributed by atoms with Crippen LogP contribution in [0.2, 0.25) is 0 Å². The highest BCUT2D eigenvalue weighted by atomic mass is 32.1. The molecule has 192 valence electrons. The first-order chi connectivity index (χ1) is 18.4. The average Bonchev–Trinajstić information content (AvgIpc) is 3.71. The first-order valence-electron chi connectivity index (χ1n) is 12.3. The minimum atomic E-state index is -2.63. The van der Waals surface area contributed by atoms with Crippen molar-refractivity contribution >= 4 is 39.0 Å². The van der Waals surface area contributed by atoms with E-state index in [2.05, 4.69) is 26.7 Å². The van der Waals surface area contributed by atoms with Gasteiger partial charge in [-0.2, -0.15) is 5.10 Å². The van der Waals surface area contributed by atoms with E-state index in [1.165, 1.54) is 0 Å². The van der Waals surface area contributed by atoms with Crippen LogP contribution in [0.1, 0.15) is 19.0 Å². The van der Waals surface area contributed by atoms with Crippen LogP contribution in [0.5, 0.6) is 0 Å². The Kier molecular flexibility index (Phi) is 6.21. The Balaban J connectivity index is 1.35. The number of thiophene rings is 1. The number of allylic oxidation sites excluding steroid dienone is 3. The van der Waals surface area contributed by atoms with Crippen LogP contribution in [0.15, 0.2) is 72.3 Å². The second kappa shape index (κ2) is 9.70. The lowest BCUT2D eigenvalue weighted by Gasteiger charge is -2.16. The number of pyridine rings is 2. The average molecular weight is 530 g/mol. The van der Waals surface area contributed by atoms with Crippen molar-refractivity contribution in [3.05, 3.63) is 78.0 Å². The van der Waals surface area contributed by atoms with Crippen LogP contribution in [-0.2, 0) is 0 Å². The van der Waals surface area contributed by atoms with Gasteiger partial charge in [-0.25, -0.2) is 18.7 Å². The van der Waals surface area contributed by atoms with Crippen LogP contribution in [0.25, 0.3) is 49.7 Å². The van der Waals surface area contributed by atoms with Crippen LogP contribution in [0.3, 0.4) is 0 Å². The standard InChI is InChI=1S/C28H25F2N7S/c1-3-17(15-37-12-10-28(29,30)16-37)14-18(4-2)19-7-8-21-24(32-19)26(36-35-21)27-33-20-9-11-31-25(23(20)34-27)22-6-5-13-38-22/h3-9,11,13-14H,1,10,12,15-16H2,2H3,(H,33,34)(H,35,36)/b17-14+,18-4+. The quantitative estimate of drug-likeness (QED) is 0.236. The van der Waals surface area contributed by atoms with E-state index in [0.717, 1.165) is 44.0 Å². The van der Waals surface area contributed by atoms with Gasteiger partial charge >= 0.3 is 0 Å². The second-order valence-electron chi connectivity index (χ2n) is 9.27. The molecular weight excluding hydrogens is 504 g/mol. The van der Waals surface area contributed by atoms with Gasteiger partial charge in [0.1, 0.15) is 16.7 Å². The zero-order valence-electron chi connectivity index (χ0n) is 20.7. The number of imidazole rings is 1. The smallest absolute Gasteiger partial charge is 0.261 e. The van der Waals surface area contributed by atoms with Crippen molar-refractivity contribution in [3.8, 4) is 22.1 Å². The van der Waals surface area contributed by atoms with Crippen molar-refractivity contribution in [3.63, 3.8) is 0 Å². The lowest BCUT2D eigenvalue weighted by Crippen LogP contribution is -2.26. The molecule has 6 heterocycles. The van der Waals surface area contributed by atoms with Gasteiger partial charge in [0.25, 0.3) is 5.92 Å². The predicted octanol–water partition coefficient (Wildman–Crippen LogP) is 6.48. The van der Waals surface area contributed by atoms with Crippen molar-refractivity contribution < 1.29 is 8.78 Å². The molecule has 0 amide bonds. The van der Waals surface area contributed by atoms with E-state index in [1.54, 1.807) is 28.5 Å². The SMILES string of the molecule is C=C/C(=C\C(=C/C)c1ccc2[nH]nc(-c3nc4c(-c5cccs5)nccc4[nH]3)c2n1)CN1CCC(F)(F)C1. The fraction of sp³-hybridized carbons (Fsp3) is 0.214. The number of fused-ring (bicyclic) bond motifs is 2. The molecule has 0 unspecified atom stereocenters. The van der Waals surface area contributed by atoms with Gasteiger partial charge in [0.05, 0.1) is 28.1 Å². The van der Waals surface area contributed by atoms with Gasteiger partial charge in [-0.3, -0.25) is 15.0 Å². The highest BCUT2D eigenvalue weighted by molar-refractivity contribution is 7.13. The Morgan fingerprint density at radius 1 is 1.16 bits per heavy atom. The molecule has 38 heavy (non-hydrogen) atoms. The number of likely N-dealkylation sites (tertiary alicyclic amines) is 1. The number of hydrogen-bond donors (Lipinski definition) is 2. The largest absolute Gasteiger partial charge is 0.336 e. The highest BCUT2D eigenvalue weighted by Gasteiger charge is 2.37. The lowest BCUT2D eigenvalue weighted by molar-refractivity contribution is 0.0131. The third kappa shape index (κ3) is 4.57. The lowest BCUT2D eigenvalue weighted by atomic mass is 10.1. The maximum absolute atomic E-state index is 13.7. The minimum Gasteiger partial charge on any atom is -0.336 e. The first-order valence-corrected chi connectivity index (χ1v) is 13.2. The topological polar surface area (TPSA) is 86.4 Å². The molecule has 0 bridgehead atoms. The maximum Gasteiger partial charge on any atom is 0.261 e. The van der Waals surface area contributed by atoms with E-state index in [1.807, 2.05) is 54.8 Å². The molecule has 0 saturated carbocycles. The zero-order valence-corrected chi connectivity index (χ0v) is 21.5. The molecule has 0 aliphatic carbocycles. The van der Waals surface area contributed by atoms with Gasteiger partial charge in [-0.15, -0.1) is 11.3 Å². The number of hydrogen-bond acceptors (Lipinski definition) is 6. The fourth-order valence-electron chi connectivity index (χ4n) is 4.74. The summed E-state index contributed by atoms with van der Waals surface area (Å²) in [7, 11) is 0. The Morgan fingerprint density at radius 3 is 2.76 bits per heavy atom. The Morgan fingerprint density at radius 2 is 2.03 bits per heavy atom. The van der Waals surface area contributed by atoms with E-state index >= 15 is 0 Å². The summed E-state index contributed by atoms with van der Waals surface area (Å²) in [5.41, 5.74) is 7.00. The Hall–Kier alpha value is -4.02. The number of aromatic amines is 2. The second-order valence-corrected chi connectivity index (χ2v) is 10.2. The maximum atomic E-state index is 13.7. The van der Waals surface area contributed by atoms with Crippen LogP contribution in [-0.4, -0.2) is 60.6 Å². The number of rotatable bonds is 7. The van der Waals surface area contributed by atoms with E-state index in [9.17, 15) is 8.78 Å². The summed E-state index contributed by atoms with van der Waals surface area (Å²) in [4.78, 5) is 20.5. The molecule has 0 radical (unpaired) electrons. The van der Waals surface area contributed by atoms with Gasteiger partial charge in [-0.1, -0.05) is 24.8 Å². The number of nitrogens with zero attached hydrogens (tertiary/aromatic N) is 5. The Labute approximate surface area is 221 Å². The van der Waals surface area contributed by atoms with Crippen LogP contribution >= 0.6 is 11.3 Å². The molecule has 5 aromatic heterocycles. The van der Waals surface area contributed by atoms with Crippen LogP contribution < -0.4 is 0 Å². The van der Waals surface area contributed by atoms with Crippen molar-refractivity contribution in [2.45, 2.75) is 19.3 Å². The van der Waals surface area contributed by atoms with Gasteiger partial charge < -0.3 is 4.98 Å². The summed E-state index contributed by atoms with van der Waals surface area (Å²) in [6.45, 7) is 6.38. The predicted molar refractivity (Wildman–Crippen MR) is 148 cm³/mol. The normalized spacial score (nSPS) is 16.6. The van der Waals surface area contributed by atoms with Gasteiger partial charge in [-0.05, 0) is 53.8 Å². The van der Waals surface area contributed by atoms with Gasteiger partial charge in [0, 0.05) is 25.7 Å². The number of aromatic nitrogens is 6. The van der Waals surface area contributed by atoms with Crippen molar-refractivity contribution in [2.24, 2.45) is 0 Å². The number of nitrogens with one attached hydrogen (secondary N) is 2. The summed E-state index contributed by atoms with van der Waals surface area (Å²) in [5, 5.41) is 9.58. The molecule has 0 spiro atoms. The first kappa shape index (κ1) is 24.3. The molecule has 5 aromatic rings. The summed E-state index contributed by atoms with van der Waals surface area (Å²) in [5.74, 6) is -2.03. The molecule has 10 heteroatoms. The summed E-state index contributed by atoms with van der Waals surface area (Å²) >= 11 is 1.61. The third-order valence-corrected chi connectivity index (χ3v) is 7.53. The number of H-pyrrole nitrogens is 2.